The van der Waals surface area contributed by atoms with Crippen LogP contribution in [0.2, 0.25) is 0 Å². The first-order valence-electron chi connectivity index (χ1n) is 7.54. The lowest BCUT2D eigenvalue weighted by molar-refractivity contribution is -0.125. The molecule has 0 unspecified atom stereocenters. The third-order valence-corrected chi connectivity index (χ3v) is 4.55. The number of piperazine rings is 1. The Morgan fingerprint density at radius 1 is 1.16 bits per heavy atom. The lowest BCUT2D eigenvalue weighted by Crippen LogP contribution is -2.54. The van der Waals surface area contributed by atoms with Crippen LogP contribution in [0.15, 0.2) is 0 Å². The number of aliphatic hydroxyl groups is 1. The van der Waals surface area contributed by atoms with Gasteiger partial charge >= 0.3 is 0 Å². The topological polar surface area (TPSA) is 55.8 Å². The van der Waals surface area contributed by atoms with Crippen LogP contribution >= 0.6 is 0 Å². The second-order valence-electron chi connectivity index (χ2n) is 5.90. The number of nitrogens with one attached hydrogen (secondary N) is 1. The van der Waals surface area contributed by atoms with E-state index in [1.165, 1.54) is 0 Å². The minimum Gasteiger partial charge on any atom is -0.394 e. The molecule has 0 aromatic carbocycles. The molecule has 0 bridgehead atoms. The Balaban J connectivity index is 1.75. The summed E-state index contributed by atoms with van der Waals surface area (Å²) < 4.78 is 0. The van der Waals surface area contributed by atoms with Gasteiger partial charge in [0.05, 0.1) is 18.7 Å². The molecule has 1 heterocycles. The minimum atomic E-state index is -0.331. The number of amides is 1. The molecule has 2 rings (SSSR count). The Hall–Kier alpha value is -0.650. The maximum absolute atomic E-state index is 12.1. The van der Waals surface area contributed by atoms with E-state index in [0.29, 0.717) is 6.54 Å². The fourth-order valence-electron chi connectivity index (χ4n) is 3.18. The minimum absolute atomic E-state index is 0.0703. The Kier molecular flexibility index (Phi) is 5.19. The largest absolute Gasteiger partial charge is 0.394 e. The molecule has 19 heavy (non-hydrogen) atoms. The highest BCUT2D eigenvalue weighted by Gasteiger charge is 2.34. The molecule has 0 aromatic rings. The summed E-state index contributed by atoms with van der Waals surface area (Å²) >= 11 is 0. The number of hydrogen-bond donors (Lipinski definition) is 2. The first kappa shape index (κ1) is 14.8. The predicted molar refractivity (Wildman–Crippen MR) is 75.0 cm³/mol. The molecule has 1 saturated heterocycles. The van der Waals surface area contributed by atoms with E-state index in [4.69, 9.17) is 0 Å². The molecule has 1 aliphatic heterocycles. The summed E-state index contributed by atoms with van der Waals surface area (Å²) in [6.07, 6.45) is 4.05. The number of hydrogen-bond acceptors (Lipinski definition) is 4. The standard InChI is InChI=1S/C14H27N3O2/c1-2-16-7-9-17(10-8-16)11-13(19)15-14(12-18)5-3-4-6-14/h18H,2-12H2,1H3,(H,15,19). The number of carbonyl (C=O) groups is 1. The predicted octanol–water partition coefficient (Wildman–Crippen LogP) is 0.0452. The van der Waals surface area contributed by atoms with Gasteiger partial charge < -0.3 is 15.3 Å². The summed E-state index contributed by atoms with van der Waals surface area (Å²) in [5.74, 6) is 0.0703. The van der Waals surface area contributed by atoms with E-state index >= 15 is 0 Å². The van der Waals surface area contributed by atoms with Crippen LogP contribution in [0.5, 0.6) is 0 Å². The van der Waals surface area contributed by atoms with Crippen molar-refractivity contribution in [2.75, 3.05) is 45.9 Å². The van der Waals surface area contributed by atoms with E-state index in [1.807, 2.05) is 0 Å². The molecular formula is C14H27N3O2. The van der Waals surface area contributed by atoms with Gasteiger partial charge in [-0.15, -0.1) is 0 Å². The molecule has 0 radical (unpaired) electrons. The fourth-order valence-corrected chi connectivity index (χ4v) is 3.18. The molecule has 5 heteroatoms. The molecule has 0 spiro atoms. The van der Waals surface area contributed by atoms with Crippen molar-refractivity contribution in [3.05, 3.63) is 0 Å². The van der Waals surface area contributed by atoms with Gasteiger partial charge in [-0.05, 0) is 19.4 Å². The Morgan fingerprint density at radius 2 is 1.74 bits per heavy atom. The van der Waals surface area contributed by atoms with Gasteiger partial charge in [0.1, 0.15) is 0 Å². The molecular weight excluding hydrogens is 242 g/mol. The Labute approximate surface area is 115 Å². The third kappa shape index (κ3) is 3.91. The van der Waals surface area contributed by atoms with E-state index in [0.717, 1.165) is 58.4 Å². The highest BCUT2D eigenvalue weighted by molar-refractivity contribution is 5.79. The van der Waals surface area contributed by atoms with Crippen LogP contribution in [0.25, 0.3) is 0 Å². The zero-order valence-corrected chi connectivity index (χ0v) is 12.0. The van der Waals surface area contributed by atoms with Gasteiger partial charge in [-0.25, -0.2) is 0 Å². The lowest BCUT2D eigenvalue weighted by atomic mass is 9.99. The van der Waals surface area contributed by atoms with E-state index in [9.17, 15) is 9.90 Å². The first-order chi connectivity index (χ1) is 9.17. The second-order valence-corrected chi connectivity index (χ2v) is 5.90. The average molecular weight is 269 g/mol. The van der Waals surface area contributed by atoms with Gasteiger partial charge in [0, 0.05) is 26.2 Å². The summed E-state index contributed by atoms with van der Waals surface area (Å²) in [4.78, 5) is 16.7. The normalized spacial score (nSPS) is 24.5. The van der Waals surface area contributed by atoms with Crippen LogP contribution < -0.4 is 5.32 Å². The molecule has 1 aliphatic carbocycles. The van der Waals surface area contributed by atoms with E-state index in [1.54, 1.807) is 0 Å². The van der Waals surface area contributed by atoms with Crippen molar-refractivity contribution in [2.24, 2.45) is 0 Å². The van der Waals surface area contributed by atoms with Crippen molar-refractivity contribution in [3.8, 4) is 0 Å². The number of nitrogens with zero attached hydrogens (tertiary/aromatic N) is 2. The number of rotatable bonds is 5. The third-order valence-electron chi connectivity index (χ3n) is 4.55. The molecule has 1 amide bonds. The maximum Gasteiger partial charge on any atom is 0.234 e. The molecule has 2 N–H and O–H groups in total. The molecule has 1 saturated carbocycles. The van der Waals surface area contributed by atoms with Gasteiger partial charge in [-0.1, -0.05) is 19.8 Å². The summed E-state index contributed by atoms with van der Waals surface area (Å²) in [5.41, 5.74) is -0.331. The summed E-state index contributed by atoms with van der Waals surface area (Å²) in [5, 5.41) is 12.6. The number of aliphatic hydroxyl groups excluding tert-OH is 1. The van der Waals surface area contributed by atoms with Crippen LogP contribution in [-0.4, -0.2) is 72.2 Å². The molecule has 0 atom stereocenters. The van der Waals surface area contributed by atoms with Gasteiger partial charge in [0.25, 0.3) is 0 Å². The Morgan fingerprint density at radius 3 is 2.26 bits per heavy atom. The number of likely N-dealkylation sites (N-methyl/N-ethyl adjacent to an activating group) is 1. The van der Waals surface area contributed by atoms with E-state index < -0.39 is 0 Å². The van der Waals surface area contributed by atoms with Gasteiger partial charge in [-0.2, -0.15) is 0 Å². The van der Waals surface area contributed by atoms with Crippen LogP contribution in [0.3, 0.4) is 0 Å². The quantitative estimate of drug-likeness (QED) is 0.740. The van der Waals surface area contributed by atoms with Crippen molar-refractivity contribution in [1.29, 1.82) is 0 Å². The zero-order chi connectivity index (χ0) is 13.7. The maximum atomic E-state index is 12.1. The summed E-state index contributed by atoms with van der Waals surface area (Å²) in [7, 11) is 0. The summed E-state index contributed by atoms with van der Waals surface area (Å²) in [6, 6.07) is 0. The van der Waals surface area contributed by atoms with Crippen molar-refractivity contribution < 1.29 is 9.90 Å². The average Bonchev–Trinajstić information content (AvgIpc) is 2.88. The van der Waals surface area contributed by atoms with Crippen molar-refractivity contribution in [2.45, 2.75) is 38.1 Å². The van der Waals surface area contributed by atoms with Crippen molar-refractivity contribution in [1.82, 2.24) is 15.1 Å². The molecule has 5 nitrogen and oxygen atoms in total. The van der Waals surface area contributed by atoms with Crippen molar-refractivity contribution >= 4 is 5.91 Å². The first-order valence-corrected chi connectivity index (χ1v) is 7.54. The van der Waals surface area contributed by atoms with Gasteiger partial charge in [0.15, 0.2) is 0 Å². The van der Waals surface area contributed by atoms with Crippen LogP contribution in [0.4, 0.5) is 0 Å². The monoisotopic (exact) mass is 269 g/mol. The smallest absolute Gasteiger partial charge is 0.234 e. The SMILES string of the molecule is CCN1CCN(CC(=O)NC2(CO)CCCC2)CC1. The molecule has 2 fully saturated rings. The highest BCUT2D eigenvalue weighted by atomic mass is 16.3. The fraction of sp³-hybridized carbons (Fsp3) is 0.929. The molecule has 110 valence electrons. The van der Waals surface area contributed by atoms with E-state index in [2.05, 4.69) is 22.0 Å². The van der Waals surface area contributed by atoms with Gasteiger partial charge in [-0.3, -0.25) is 9.69 Å². The zero-order valence-electron chi connectivity index (χ0n) is 12.0. The van der Waals surface area contributed by atoms with Crippen molar-refractivity contribution in [3.63, 3.8) is 0 Å². The number of carbonyl (C=O) groups excluding carboxylic acids is 1. The van der Waals surface area contributed by atoms with Crippen LogP contribution in [0, 0.1) is 0 Å². The molecule has 0 aromatic heterocycles. The van der Waals surface area contributed by atoms with E-state index in [-0.39, 0.29) is 18.1 Å². The lowest BCUT2D eigenvalue weighted by Gasteiger charge is -2.35. The Bertz CT molecular complexity index is 295. The highest BCUT2D eigenvalue weighted by Crippen LogP contribution is 2.28. The second kappa shape index (κ2) is 6.68. The van der Waals surface area contributed by atoms with Crippen LogP contribution in [-0.2, 0) is 4.79 Å². The summed E-state index contributed by atoms with van der Waals surface area (Å²) in [6.45, 7) is 7.84. The molecule has 2 aliphatic rings. The van der Waals surface area contributed by atoms with Crippen LogP contribution in [0.1, 0.15) is 32.6 Å². The van der Waals surface area contributed by atoms with Gasteiger partial charge in [0.2, 0.25) is 5.91 Å².